The Kier molecular flexibility index (Phi) is 5.29. The van der Waals surface area contributed by atoms with E-state index in [0.717, 1.165) is 37.4 Å². The Morgan fingerprint density at radius 3 is 2.55 bits per heavy atom. The molecule has 5 nitrogen and oxygen atoms in total. The maximum Gasteiger partial charge on any atom is 0.242 e. The van der Waals surface area contributed by atoms with Crippen molar-refractivity contribution >= 4 is 5.91 Å². The lowest BCUT2D eigenvalue weighted by Crippen LogP contribution is -2.54. The number of methoxy groups -OCH3 is 1. The van der Waals surface area contributed by atoms with Crippen molar-refractivity contribution in [2.24, 2.45) is 11.7 Å². The minimum absolute atomic E-state index is 0.0154. The topological polar surface area (TPSA) is 64.8 Å². The minimum atomic E-state index is -0.807. The molecular weight excluding hydrogens is 280 g/mol. The monoisotopic (exact) mass is 306 g/mol. The molecule has 0 aliphatic carbocycles. The first kappa shape index (κ1) is 16.6. The fraction of sp³-hybridized carbons (Fsp3) is 0.588. The van der Waals surface area contributed by atoms with Gasteiger partial charge in [0.15, 0.2) is 0 Å². The van der Waals surface area contributed by atoms with Crippen LogP contribution < -0.4 is 15.2 Å². The molecule has 1 aliphatic rings. The van der Waals surface area contributed by atoms with Crippen molar-refractivity contribution in [2.75, 3.05) is 26.8 Å². The second-order valence-electron chi connectivity index (χ2n) is 6.47. The van der Waals surface area contributed by atoms with E-state index in [0.29, 0.717) is 12.5 Å². The summed E-state index contributed by atoms with van der Waals surface area (Å²) < 4.78 is 11.0. The molecule has 1 aliphatic heterocycles. The largest absolute Gasteiger partial charge is 0.497 e. The van der Waals surface area contributed by atoms with Gasteiger partial charge in [0.25, 0.3) is 0 Å². The number of piperidine rings is 1. The lowest BCUT2D eigenvalue weighted by molar-refractivity contribution is -0.137. The van der Waals surface area contributed by atoms with E-state index >= 15 is 0 Å². The third-order valence-corrected chi connectivity index (χ3v) is 3.90. The van der Waals surface area contributed by atoms with Crippen molar-refractivity contribution < 1.29 is 14.3 Å². The van der Waals surface area contributed by atoms with E-state index in [1.165, 1.54) is 0 Å². The SMILES string of the molecule is COc1ccc(OC[C@H]2CCCN(C(=O)C(C)(C)N)C2)cc1. The van der Waals surface area contributed by atoms with Gasteiger partial charge in [0, 0.05) is 19.0 Å². The number of ether oxygens (including phenoxy) is 2. The molecule has 0 aromatic heterocycles. The van der Waals surface area contributed by atoms with Gasteiger partial charge in [-0.15, -0.1) is 0 Å². The fourth-order valence-corrected chi connectivity index (χ4v) is 2.68. The van der Waals surface area contributed by atoms with Crippen molar-refractivity contribution in [3.8, 4) is 11.5 Å². The summed E-state index contributed by atoms with van der Waals surface area (Å²) in [7, 11) is 1.64. The number of hydrogen-bond donors (Lipinski definition) is 1. The molecule has 1 aromatic rings. The van der Waals surface area contributed by atoms with Crippen LogP contribution in [0, 0.1) is 5.92 Å². The number of carbonyl (C=O) groups is 1. The van der Waals surface area contributed by atoms with Gasteiger partial charge in [0.2, 0.25) is 5.91 Å². The smallest absolute Gasteiger partial charge is 0.242 e. The first-order chi connectivity index (χ1) is 10.4. The van der Waals surface area contributed by atoms with Crippen LogP contribution in [0.4, 0.5) is 0 Å². The highest BCUT2D eigenvalue weighted by Gasteiger charge is 2.31. The maximum absolute atomic E-state index is 12.3. The third kappa shape index (κ3) is 4.37. The molecule has 1 atom stereocenters. The van der Waals surface area contributed by atoms with Gasteiger partial charge in [-0.1, -0.05) is 0 Å². The van der Waals surface area contributed by atoms with Crippen molar-refractivity contribution in [3.63, 3.8) is 0 Å². The van der Waals surface area contributed by atoms with E-state index in [1.807, 2.05) is 29.2 Å². The highest BCUT2D eigenvalue weighted by Crippen LogP contribution is 2.22. The second-order valence-corrected chi connectivity index (χ2v) is 6.47. The van der Waals surface area contributed by atoms with Crippen LogP contribution in [0.15, 0.2) is 24.3 Å². The third-order valence-electron chi connectivity index (χ3n) is 3.90. The molecule has 2 rings (SSSR count). The van der Waals surface area contributed by atoms with Gasteiger partial charge >= 0.3 is 0 Å². The van der Waals surface area contributed by atoms with Gasteiger partial charge in [0.05, 0.1) is 19.3 Å². The molecule has 2 N–H and O–H groups in total. The van der Waals surface area contributed by atoms with Crippen LogP contribution in [0.5, 0.6) is 11.5 Å². The summed E-state index contributed by atoms with van der Waals surface area (Å²) in [4.78, 5) is 14.1. The van der Waals surface area contributed by atoms with Crippen LogP contribution in [-0.4, -0.2) is 43.2 Å². The number of rotatable bonds is 5. The van der Waals surface area contributed by atoms with Gasteiger partial charge in [-0.3, -0.25) is 4.79 Å². The average Bonchev–Trinajstić information content (AvgIpc) is 2.52. The van der Waals surface area contributed by atoms with Crippen LogP contribution in [-0.2, 0) is 4.79 Å². The molecule has 0 spiro atoms. The number of benzene rings is 1. The van der Waals surface area contributed by atoms with E-state index < -0.39 is 5.54 Å². The van der Waals surface area contributed by atoms with Gasteiger partial charge in [0.1, 0.15) is 11.5 Å². The first-order valence-electron chi connectivity index (χ1n) is 7.75. The van der Waals surface area contributed by atoms with E-state index in [1.54, 1.807) is 21.0 Å². The summed E-state index contributed by atoms with van der Waals surface area (Å²) in [6.07, 6.45) is 2.07. The van der Waals surface area contributed by atoms with E-state index in [-0.39, 0.29) is 5.91 Å². The number of nitrogens with two attached hydrogens (primary N) is 1. The quantitative estimate of drug-likeness (QED) is 0.904. The minimum Gasteiger partial charge on any atom is -0.497 e. The van der Waals surface area contributed by atoms with Gasteiger partial charge in [-0.05, 0) is 51.0 Å². The predicted molar refractivity (Wildman–Crippen MR) is 86.1 cm³/mol. The Morgan fingerprint density at radius 2 is 1.95 bits per heavy atom. The molecule has 1 heterocycles. The first-order valence-corrected chi connectivity index (χ1v) is 7.75. The number of hydrogen-bond acceptors (Lipinski definition) is 4. The Morgan fingerprint density at radius 1 is 1.32 bits per heavy atom. The van der Waals surface area contributed by atoms with Crippen LogP contribution in [0.2, 0.25) is 0 Å². The number of carbonyl (C=O) groups excluding carboxylic acids is 1. The predicted octanol–water partition coefficient (Wildman–Crippen LogP) is 2.05. The molecule has 1 aromatic carbocycles. The lowest BCUT2D eigenvalue weighted by atomic mass is 9.96. The molecule has 0 radical (unpaired) electrons. The molecule has 0 bridgehead atoms. The van der Waals surface area contributed by atoms with Crippen LogP contribution in [0.3, 0.4) is 0 Å². The van der Waals surface area contributed by atoms with E-state index in [2.05, 4.69) is 0 Å². The summed E-state index contributed by atoms with van der Waals surface area (Å²) in [5.74, 6) is 2.00. The fourth-order valence-electron chi connectivity index (χ4n) is 2.68. The Bertz CT molecular complexity index is 494. The molecule has 1 saturated heterocycles. The summed E-state index contributed by atoms with van der Waals surface area (Å²) in [5.41, 5.74) is 5.11. The average molecular weight is 306 g/mol. The van der Waals surface area contributed by atoms with Crippen molar-refractivity contribution in [1.82, 2.24) is 4.90 Å². The molecule has 1 fully saturated rings. The van der Waals surface area contributed by atoms with Crippen molar-refractivity contribution in [1.29, 1.82) is 0 Å². The van der Waals surface area contributed by atoms with Gasteiger partial charge in [-0.2, -0.15) is 0 Å². The second kappa shape index (κ2) is 7.01. The summed E-state index contributed by atoms with van der Waals surface area (Å²) in [5, 5.41) is 0. The molecule has 0 unspecified atom stereocenters. The molecule has 0 saturated carbocycles. The zero-order valence-corrected chi connectivity index (χ0v) is 13.7. The number of nitrogens with zero attached hydrogens (tertiary/aromatic N) is 1. The van der Waals surface area contributed by atoms with Gasteiger partial charge < -0.3 is 20.1 Å². The van der Waals surface area contributed by atoms with Crippen LogP contribution in [0.1, 0.15) is 26.7 Å². The maximum atomic E-state index is 12.3. The summed E-state index contributed by atoms with van der Waals surface area (Å²) in [6, 6.07) is 7.55. The highest BCUT2D eigenvalue weighted by molar-refractivity contribution is 5.85. The number of amides is 1. The van der Waals surface area contributed by atoms with Crippen LogP contribution >= 0.6 is 0 Å². The highest BCUT2D eigenvalue weighted by atomic mass is 16.5. The standard InChI is InChI=1S/C17H26N2O3/c1-17(2,18)16(20)19-10-4-5-13(11-19)12-22-15-8-6-14(21-3)7-9-15/h6-9,13H,4-5,10-12,18H2,1-3H3/t13-/m0/s1. The molecule has 122 valence electrons. The van der Waals surface area contributed by atoms with Crippen molar-refractivity contribution in [2.45, 2.75) is 32.2 Å². The van der Waals surface area contributed by atoms with E-state index in [9.17, 15) is 4.79 Å². The lowest BCUT2D eigenvalue weighted by Gasteiger charge is -2.36. The molecule has 22 heavy (non-hydrogen) atoms. The van der Waals surface area contributed by atoms with E-state index in [4.69, 9.17) is 15.2 Å². The molecular formula is C17H26N2O3. The summed E-state index contributed by atoms with van der Waals surface area (Å²) in [6.45, 7) is 5.63. The molecule has 1 amide bonds. The van der Waals surface area contributed by atoms with Crippen molar-refractivity contribution in [3.05, 3.63) is 24.3 Å². The zero-order chi connectivity index (χ0) is 16.2. The normalized spacial score (nSPS) is 18.9. The Balaban J connectivity index is 1.86. The molecule has 5 heteroatoms. The number of likely N-dealkylation sites (tertiary alicyclic amines) is 1. The zero-order valence-electron chi connectivity index (χ0n) is 13.7. The Hall–Kier alpha value is -1.75. The van der Waals surface area contributed by atoms with Gasteiger partial charge in [-0.25, -0.2) is 0 Å². The summed E-state index contributed by atoms with van der Waals surface area (Å²) >= 11 is 0. The Labute approximate surface area is 132 Å². The van der Waals surface area contributed by atoms with Crippen LogP contribution in [0.25, 0.3) is 0 Å².